The molecule has 1 aliphatic carbocycles. The third-order valence-electron chi connectivity index (χ3n) is 4.45. The summed E-state index contributed by atoms with van der Waals surface area (Å²) in [5.41, 5.74) is 0.985. The highest BCUT2D eigenvalue weighted by Crippen LogP contribution is 2.37. The van der Waals surface area contributed by atoms with Crippen molar-refractivity contribution in [2.45, 2.75) is 45.6 Å². The van der Waals surface area contributed by atoms with E-state index in [-0.39, 0.29) is 12.0 Å². The normalized spacial score (nSPS) is 27.8. The highest BCUT2D eigenvalue weighted by atomic mass is 35.5. The van der Waals surface area contributed by atoms with Crippen molar-refractivity contribution in [2.24, 2.45) is 17.8 Å². The van der Waals surface area contributed by atoms with Crippen molar-refractivity contribution in [3.63, 3.8) is 0 Å². The van der Waals surface area contributed by atoms with Gasteiger partial charge in [-0.1, -0.05) is 43.1 Å². The fourth-order valence-corrected chi connectivity index (χ4v) is 3.65. The van der Waals surface area contributed by atoms with Gasteiger partial charge in [0.1, 0.15) is 0 Å². The molecule has 1 aromatic rings. The second-order valence-corrected chi connectivity index (χ2v) is 6.86. The third-order valence-corrected chi connectivity index (χ3v) is 5.16. The Balaban J connectivity index is 2.12. The van der Waals surface area contributed by atoms with E-state index in [2.05, 4.69) is 13.8 Å². The van der Waals surface area contributed by atoms with Crippen LogP contribution in [0.5, 0.6) is 0 Å². The Morgan fingerprint density at radius 3 is 2.42 bits per heavy atom. The highest BCUT2D eigenvalue weighted by Gasteiger charge is 2.31. The van der Waals surface area contributed by atoms with E-state index in [1.807, 2.05) is 18.2 Å². The van der Waals surface area contributed by atoms with E-state index >= 15 is 0 Å². The van der Waals surface area contributed by atoms with Crippen LogP contribution in [0.1, 0.15) is 38.7 Å². The summed E-state index contributed by atoms with van der Waals surface area (Å²) in [4.78, 5) is 0. The number of aliphatic hydroxyl groups is 1. The first kappa shape index (κ1) is 15.2. The molecule has 3 unspecified atom stereocenters. The second kappa shape index (κ2) is 6.47. The minimum Gasteiger partial charge on any atom is -0.393 e. The summed E-state index contributed by atoms with van der Waals surface area (Å²) in [6.07, 6.45) is 3.66. The molecule has 0 heterocycles. The maximum absolute atomic E-state index is 10.2. The first-order chi connectivity index (χ1) is 8.99. The maximum Gasteiger partial charge on any atom is 0.0571 e. The predicted octanol–water partition coefficient (Wildman–Crippen LogP) is 4.97. The van der Waals surface area contributed by atoms with Crippen LogP contribution >= 0.6 is 23.2 Å². The van der Waals surface area contributed by atoms with Crippen LogP contribution in [0, 0.1) is 17.8 Å². The van der Waals surface area contributed by atoms with Gasteiger partial charge in [-0.2, -0.15) is 0 Å². The molecule has 106 valence electrons. The van der Waals surface area contributed by atoms with Crippen LogP contribution in [0.4, 0.5) is 0 Å². The Kier molecular flexibility index (Phi) is 5.16. The lowest BCUT2D eigenvalue weighted by molar-refractivity contribution is 0.0379. The van der Waals surface area contributed by atoms with E-state index in [1.54, 1.807) is 0 Å². The SMILES string of the molecule is CC(C)C1CCC(O)C(Cc2c(Cl)cccc2Cl)C1. The van der Waals surface area contributed by atoms with Gasteiger partial charge in [0.05, 0.1) is 6.10 Å². The zero-order valence-corrected chi connectivity index (χ0v) is 13.1. The Hall–Kier alpha value is -0.240. The van der Waals surface area contributed by atoms with Gasteiger partial charge in [-0.3, -0.25) is 0 Å². The maximum atomic E-state index is 10.2. The highest BCUT2D eigenvalue weighted by molar-refractivity contribution is 6.35. The van der Waals surface area contributed by atoms with Gasteiger partial charge >= 0.3 is 0 Å². The minimum absolute atomic E-state index is 0.220. The lowest BCUT2D eigenvalue weighted by atomic mass is 9.73. The molecule has 0 bridgehead atoms. The van der Waals surface area contributed by atoms with E-state index in [9.17, 15) is 5.11 Å². The van der Waals surface area contributed by atoms with E-state index in [0.29, 0.717) is 21.9 Å². The van der Waals surface area contributed by atoms with Crippen molar-refractivity contribution in [2.75, 3.05) is 0 Å². The monoisotopic (exact) mass is 300 g/mol. The van der Waals surface area contributed by atoms with Crippen LogP contribution in [0.25, 0.3) is 0 Å². The molecule has 19 heavy (non-hydrogen) atoms. The molecule has 1 aliphatic rings. The molecule has 1 aromatic carbocycles. The summed E-state index contributed by atoms with van der Waals surface area (Å²) in [6.45, 7) is 4.53. The zero-order valence-electron chi connectivity index (χ0n) is 11.6. The van der Waals surface area contributed by atoms with Crippen molar-refractivity contribution < 1.29 is 5.11 Å². The lowest BCUT2D eigenvalue weighted by Gasteiger charge is -2.35. The Morgan fingerprint density at radius 1 is 1.21 bits per heavy atom. The van der Waals surface area contributed by atoms with Gasteiger partial charge in [0.2, 0.25) is 0 Å². The number of hydrogen-bond acceptors (Lipinski definition) is 1. The van der Waals surface area contributed by atoms with Crippen LogP contribution in [0.15, 0.2) is 18.2 Å². The van der Waals surface area contributed by atoms with Crippen LogP contribution < -0.4 is 0 Å². The molecule has 0 aliphatic heterocycles. The fraction of sp³-hybridized carbons (Fsp3) is 0.625. The summed E-state index contributed by atoms with van der Waals surface area (Å²) < 4.78 is 0. The molecule has 3 atom stereocenters. The molecular weight excluding hydrogens is 279 g/mol. The van der Waals surface area contributed by atoms with Crippen molar-refractivity contribution in [1.29, 1.82) is 0 Å². The summed E-state index contributed by atoms with van der Waals surface area (Å²) >= 11 is 12.5. The molecule has 0 radical (unpaired) electrons. The van der Waals surface area contributed by atoms with Gasteiger partial charge in [0, 0.05) is 10.0 Å². The third kappa shape index (κ3) is 3.65. The number of aliphatic hydroxyl groups excluding tert-OH is 1. The predicted molar refractivity (Wildman–Crippen MR) is 81.8 cm³/mol. The van der Waals surface area contributed by atoms with E-state index < -0.39 is 0 Å². The number of halogens is 2. The molecule has 1 N–H and O–H groups in total. The summed E-state index contributed by atoms with van der Waals surface area (Å²) in [5, 5.41) is 11.7. The first-order valence-corrected chi connectivity index (χ1v) is 7.85. The molecule has 1 nitrogen and oxygen atoms in total. The Bertz CT molecular complexity index is 411. The quantitative estimate of drug-likeness (QED) is 0.835. The Morgan fingerprint density at radius 2 is 1.84 bits per heavy atom. The van der Waals surface area contributed by atoms with E-state index in [0.717, 1.165) is 31.2 Å². The molecule has 1 saturated carbocycles. The van der Waals surface area contributed by atoms with Gasteiger partial charge in [-0.25, -0.2) is 0 Å². The van der Waals surface area contributed by atoms with Gasteiger partial charge in [-0.15, -0.1) is 0 Å². The van der Waals surface area contributed by atoms with Crippen LogP contribution in [-0.4, -0.2) is 11.2 Å². The average molecular weight is 301 g/mol. The number of rotatable bonds is 3. The zero-order chi connectivity index (χ0) is 14.0. The molecule has 2 rings (SSSR count). The van der Waals surface area contributed by atoms with E-state index in [4.69, 9.17) is 23.2 Å². The van der Waals surface area contributed by atoms with Gasteiger partial charge < -0.3 is 5.11 Å². The van der Waals surface area contributed by atoms with Crippen LogP contribution in [0.3, 0.4) is 0 Å². The first-order valence-electron chi connectivity index (χ1n) is 7.10. The topological polar surface area (TPSA) is 20.2 Å². The minimum atomic E-state index is -0.220. The number of hydrogen-bond donors (Lipinski definition) is 1. The lowest BCUT2D eigenvalue weighted by Crippen LogP contribution is -2.32. The molecule has 3 heteroatoms. The molecule has 1 fully saturated rings. The van der Waals surface area contributed by atoms with Gasteiger partial charge in [0.25, 0.3) is 0 Å². The van der Waals surface area contributed by atoms with Gasteiger partial charge in [0.15, 0.2) is 0 Å². The van der Waals surface area contributed by atoms with Crippen molar-refractivity contribution in [3.05, 3.63) is 33.8 Å². The van der Waals surface area contributed by atoms with Crippen LogP contribution in [0.2, 0.25) is 10.0 Å². The fourth-order valence-electron chi connectivity index (χ4n) is 3.10. The van der Waals surface area contributed by atoms with E-state index in [1.165, 1.54) is 0 Å². The summed E-state index contributed by atoms with van der Waals surface area (Å²) in [7, 11) is 0. The van der Waals surface area contributed by atoms with Gasteiger partial charge in [-0.05, 0) is 61.1 Å². The Labute approximate surface area is 125 Å². The largest absolute Gasteiger partial charge is 0.393 e. The second-order valence-electron chi connectivity index (χ2n) is 6.05. The number of benzene rings is 1. The van der Waals surface area contributed by atoms with Crippen molar-refractivity contribution in [3.8, 4) is 0 Å². The van der Waals surface area contributed by atoms with Crippen molar-refractivity contribution >= 4 is 23.2 Å². The van der Waals surface area contributed by atoms with Crippen molar-refractivity contribution in [1.82, 2.24) is 0 Å². The smallest absolute Gasteiger partial charge is 0.0571 e. The van der Waals surface area contributed by atoms with Crippen LogP contribution in [-0.2, 0) is 6.42 Å². The molecule has 0 spiro atoms. The average Bonchev–Trinajstić information content (AvgIpc) is 2.35. The summed E-state index contributed by atoms with van der Waals surface area (Å²) in [6, 6.07) is 5.61. The molecule has 0 aromatic heterocycles. The molecule has 0 amide bonds. The molecule has 0 saturated heterocycles. The molecular formula is C16H22Cl2O. The standard InChI is InChI=1S/C16H22Cl2O/c1-10(2)11-6-7-16(19)12(8-11)9-13-14(17)4-3-5-15(13)18/h3-5,10-12,16,19H,6-9H2,1-2H3. The summed E-state index contributed by atoms with van der Waals surface area (Å²) in [5.74, 6) is 1.66.